The predicted molar refractivity (Wildman–Crippen MR) is 90.1 cm³/mol. The van der Waals surface area contributed by atoms with Crippen molar-refractivity contribution < 1.29 is 4.79 Å². The summed E-state index contributed by atoms with van der Waals surface area (Å²) in [6.45, 7) is 2.05. The van der Waals surface area contributed by atoms with E-state index in [4.69, 9.17) is 11.6 Å². The molecule has 4 heteroatoms. The third-order valence-corrected chi connectivity index (χ3v) is 5.54. The Bertz CT molecular complexity index is 729. The average Bonchev–Trinajstić information content (AvgIpc) is 2.76. The fraction of sp³-hybridized carbons (Fsp3) is 0.235. The van der Waals surface area contributed by atoms with Crippen LogP contribution in [0.4, 0.5) is 5.69 Å². The highest BCUT2D eigenvalue weighted by molar-refractivity contribution is 9.10. The number of halogens is 2. The minimum Gasteiger partial charge on any atom is -0.315 e. The summed E-state index contributed by atoms with van der Waals surface area (Å²) in [6, 6.07) is 12.1. The Kier molecular flexibility index (Phi) is 3.80. The van der Waals surface area contributed by atoms with Crippen LogP contribution in [0.15, 0.2) is 40.9 Å². The van der Waals surface area contributed by atoms with E-state index in [-0.39, 0.29) is 11.3 Å². The molecule has 0 bridgehead atoms. The second-order valence-corrected chi connectivity index (χ2v) is 6.59. The number of nitrogens with zero attached hydrogens (tertiary/aromatic N) is 1. The molecule has 0 aromatic heterocycles. The summed E-state index contributed by atoms with van der Waals surface area (Å²) >= 11 is 10.3. The molecule has 0 spiro atoms. The Labute approximate surface area is 137 Å². The average molecular weight is 365 g/mol. The minimum absolute atomic E-state index is 0.130. The molecule has 1 unspecified atom stereocenters. The van der Waals surface area contributed by atoms with Crippen molar-refractivity contribution in [3.05, 3.63) is 63.1 Å². The van der Waals surface area contributed by atoms with Gasteiger partial charge in [-0.25, -0.2) is 0 Å². The number of anilines is 1. The van der Waals surface area contributed by atoms with Crippen LogP contribution in [0.2, 0.25) is 0 Å². The molecule has 0 fully saturated rings. The summed E-state index contributed by atoms with van der Waals surface area (Å²) in [5.41, 5.74) is 5.26. The number of benzene rings is 2. The first-order valence-corrected chi connectivity index (χ1v) is 8.00. The van der Waals surface area contributed by atoms with E-state index in [9.17, 15) is 4.79 Å². The molecule has 0 aliphatic carbocycles. The largest absolute Gasteiger partial charge is 0.315 e. The SMILES string of the molecule is Cc1cccc(C(Cl)c2ccc3c(c2)CC(=O)N3C)c1Br. The number of carbonyl (C=O) groups is 1. The van der Waals surface area contributed by atoms with Crippen LogP contribution in [-0.4, -0.2) is 13.0 Å². The summed E-state index contributed by atoms with van der Waals surface area (Å²) in [4.78, 5) is 13.5. The second-order valence-electron chi connectivity index (χ2n) is 5.36. The third kappa shape index (κ3) is 2.49. The quantitative estimate of drug-likeness (QED) is 0.713. The molecule has 1 aliphatic rings. The zero-order valence-corrected chi connectivity index (χ0v) is 14.2. The van der Waals surface area contributed by atoms with Gasteiger partial charge in [0.25, 0.3) is 0 Å². The van der Waals surface area contributed by atoms with Crippen molar-refractivity contribution in [3.63, 3.8) is 0 Å². The molecule has 1 aliphatic heterocycles. The van der Waals surface area contributed by atoms with Gasteiger partial charge in [0, 0.05) is 17.2 Å². The van der Waals surface area contributed by atoms with Crippen molar-refractivity contribution >= 4 is 39.1 Å². The maximum Gasteiger partial charge on any atom is 0.231 e. The lowest BCUT2D eigenvalue weighted by Gasteiger charge is -2.16. The molecular formula is C17H15BrClNO. The Morgan fingerprint density at radius 2 is 2.05 bits per heavy atom. The summed E-state index contributed by atoms with van der Waals surface area (Å²) in [5.74, 6) is 0.130. The fourth-order valence-corrected chi connectivity index (χ4v) is 3.64. The first-order chi connectivity index (χ1) is 9.99. The first kappa shape index (κ1) is 14.6. The van der Waals surface area contributed by atoms with Gasteiger partial charge in [-0.15, -0.1) is 11.6 Å². The summed E-state index contributed by atoms with van der Waals surface area (Å²) in [6.07, 6.45) is 0.457. The van der Waals surface area contributed by atoms with Crippen LogP contribution in [0.5, 0.6) is 0 Å². The van der Waals surface area contributed by atoms with Crippen LogP contribution in [-0.2, 0) is 11.2 Å². The molecule has 2 nitrogen and oxygen atoms in total. The van der Waals surface area contributed by atoms with Gasteiger partial charge in [-0.1, -0.05) is 46.3 Å². The molecule has 21 heavy (non-hydrogen) atoms. The van der Waals surface area contributed by atoms with Crippen molar-refractivity contribution in [1.82, 2.24) is 0 Å². The number of likely N-dealkylation sites (N-methyl/N-ethyl adjacent to an activating group) is 1. The molecule has 1 atom stereocenters. The maximum absolute atomic E-state index is 11.8. The van der Waals surface area contributed by atoms with Crippen LogP contribution in [0, 0.1) is 6.92 Å². The van der Waals surface area contributed by atoms with Gasteiger partial charge in [-0.05, 0) is 35.2 Å². The van der Waals surface area contributed by atoms with E-state index in [0.717, 1.165) is 32.4 Å². The van der Waals surface area contributed by atoms with Crippen molar-refractivity contribution in [2.75, 3.05) is 11.9 Å². The summed E-state index contributed by atoms with van der Waals surface area (Å²) in [7, 11) is 1.81. The van der Waals surface area contributed by atoms with E-state index >= 15 is 0 Å². The van der Waals surface area contributed by atoms with E-state index in [1.807, 2.05) is 50.4 Å². The highest BCUT2D eigenvalue weighted by Crippen LogP contribution is 2.38. The number of aryl methyl sites for hydroxylation is 1. The topological polar surface area (TPSA) is 20.3 Å². The highest BCUT2D eigenvalue weighted by atomic mass is 79.9. The highest BCUT2D eigenvalue weighted by Gasteiger charge is 2.25. The van der Waals surface area contributed by atoms with Gasteiger partial charge < -0.3 is 4.90 Å². The number of amides is 1. The molecule has 108 valence electrons. The van der Waals surface area contributed by atoms with Crippen molar-refractivity contribution in [3.8, 4) is 0 Å². The minimum atomic E-state index is -0.231. The Morgan fingerprint density at radius 1 is 1.29 bits per heavy atom. The van der Waals surface area contributed by atoms with E-state index in [1.54, 1.807) is 4.90 Å². The van der Waals surface area contributed by atoms with Crippen LogP contribution < -0.4 is 4.90 Å². The second kappa shape index (κ2) is 5.47. The first-order valence-electron chi connectivity index (χ1n) is 6.77. The molecule has 1 amide bonds. The number of carbonyl (C=O) groups excluding carboxylic acids is 1. The molecule has 0 saturated heterocycles. The number of alkyl halides is 1. The Balaban J connectivity index is 2.00. The van der Waals surface area contributed by atoms with Crippen molar-refractivity contribution in [2.45, 2.75) is 18.7 Å². The van der Waals surface area contributed by atoms with Crippen LogP contribution in [0.1, 0.15) is 27.6 Å². The standard InChI is InChI=1S/C17H15BrClNO/c1-10-4-3-5-13(16(10)18)17(19)11-6-7-14-12(8-11)9-15(21)20(14)2/h3-8,17H,9H2,1-2H3. The van der Waals surface area contributed by atoms with Gasteiger partial charge in [0.15, 0.2) is 0 Å². The van der Waals surface area contributed by atoms with Crippen LogP contribution >= 0.6 is 27.5 Å². The van der Waals surface area contributed by atoms with Gasteiger partial charge in [0.1, 0.15) is 0 Å². The zero-order chi connectivity index (χ0) is 15.1. The summed E-state index contributed by atoms with van der Waals surface area (Å²) < 4.78 is 1.04. The number of rotatable bonds is 2. The van der Waals surface area contributed by atoms with Gasteiger partial charge in [-0.3, -0.25) is 4.79 Å². The molecule has 0 radical (unpaired) electrons. The summed E-state index contributed by atoms with van der Waals surface area (Å²) in [5, 5.41) is -0.231. The van der Waals surface area contributed by atoms with Crippen molar-refractivity contribution in [1.29, 1.82) is 0 Å². The lowest BCUT2D eigenvalue weighted by atomic mass is 10.00. The Morgan fingerprint density at radius 3 is 2.81 bits per heavy atom. The molecular weight excluding hydrogens is 350 g/mol. The van der Waals surface area contributed by atoms with Gasteiger partial charge in [0.2, 0.25) is 5.91 Å². The van der Waals surface area contributed by atoms with E-state index in [0.29, 0.717) is 6.42 Å². The molecule has 0 N–H and O–H groups in total. The number of hydrogen-bond donors (Lipinski definition) is 0. The van der Waals surface area contributed by atoms with Crippen LogP contribution in [0.3, 0.4) is 0 Å². The van der Waals surface area contributed by atoms with Gasteiger partial charge in [-0.2, -0.15) is 0 Å². The molecule has 2 aromatic carbocycles. The van der Waals surface area contributed by atoms with E-state index in [1.165, 1.54) is 0 Å². The maximum atomic E-state index is 11.8. The van der Waals surface area contributed by atoms with E-state index < -0.39 is 0 Å². The zero-order valence-electron chi connectivity index (χ0n) is 11.9. The fourth-order valence-electron chi connectivity index (χ4n) is 2.69. The predicted octanol–water partition coefficient (Wildman–Crippen LogP) is 4.60. The molecule has 1 heterocycles. The van der Waals surface area contributed by atoms with Gasteiger partial charge in [0.05, 0.1) is 11.8 Å². The third-order valence-electron chi connectivity index (χ3n) is 3.97. The number of hydrogen-bond acceptors (Lipinski definition) is 1. The van der Waals surface area contributed by atoms with Crippen LogP contribution in [0.25, 0.3) is 0 Å². The van der Waals surface area contributed by atoms with Crippen molar-refractivity contribution in [2.24, 2.45) is 0 Å². The lowest BCUT2D eigenvalue weighted by Crippen LogP contribution is -2.20. The number of fused-ring (bicyclic) bond motifs is 1. The van der Waals surface area contributed by atoms with E-state index in [2.05, 4.69) is 15.9 Å². The Hall–Kier alpha value is -1.32. The monoisotopic (exact) mass is 363 g/mol. The smallest absolute Gasteiger partial charge is 0.231 e. The van der Waals surface area contributed by atoms with Gasteiger partial charge >= 0.3 is 0 Å². The lowest BCUT2D eigenvalue weighted by molar-refractivity contribution is -0.117. The molecule has 3 rings (SSSR count). The normalized spacial score (nSPS) is 15.2. The molecule has 2 aromatic rings. The molecule has 0 saturated carbocycles.